The summed E-state index contributed by atoms with van der Waals surface area (Å²) >= 11 is 0. The van der Waals surface area contributed by atoms with Crippen molar-refractivity contribution in [1.82, 2.24) is 9.97 Å². The van der Waals surface area contributed by atoms with Crippen molar-refractivity contribution in [3.05, 3.63) is 70.1 Å². The van der Waals surface area contributed by atoms with Crippen LogP contribution >= 0.6 is 0 Å². The minimum atomic E-state index is -0.458. The summed E-state index contributed by atoms with van der Waals surface area (Å²) in [4.78, 5) is 20.1. The van der Waals surface area contributed by atoms with Crippen LogP contribution in [0.4, 0.5) is 5.95 Å². The summed E-state index contributed by atoms with van der Waals surface area (Å²) < 4.78 is 5.17. The van der Waals surface area contributed by atoms with E-state index in [0.29, 0.717) is 33.5 Å². The van der Waals surface area contributed by atoms with Crippen molar-refractivity contribution in [2.75, 3.05) is 5.73 Å². The van der Waals surface area contributed by atoms with Gasteiger partial charge in [-0.3, -0.25) is 0 Å². The van der Waals surface area contributed by atoms with E-state index in [1.807, 2.05) is 31.2 Å². The monoisotopic (exact) mass is 359 g/mol. The number of rotatable bonds is 2. The van der Waals surface area contributed by atoms with Crippen LogP contribution in [-0.2, 0) is 0 Å². The third-order valence-electron chi connectivity index (χ3n) is 4.45. The van der Waals surface area contributed by atoms with E-state index in [4.69, 9.17) is 10.2 Å². The maximum atomic E-state index is 11.6. The highest BCUT2D eigenvalue weighted by Crippen LogP contribution is 2.37. The van der Waals surface area contributed by atoms with Crippen molar-refractivity contribution in [3.8, 4) is 28.3 Å². The van der Waals surface area contributed by atoms with Gasteiger partial charge in [-0.15, -0.1) is 0 Å². The van der Waals surface area contributed by atoms with Crippen LogP contribution in [-0.4, -0.2) is 15.1 Å². The Kier molecular flexibility index (Phi) is 3.88. The van der Waals surface area contributed by atoms with Crippen LogP contribution in [0, 0.1) is 13.8 Å². The molecule has 0 aliphatic rings. The van der Waals surface area contributed by atoms with Gasteiger partial charge in [0.25, 0.3) is 0 Å². The van der Waals surface area contributed by atoms with E-state index < -0.39 is 5.63 Å². The second-order valence-electron chi connectivity index (χ2n) is 6.45. The fourth-order valence-electron chi connectivity index (χ4n) is 3.11. The van der Waals surface area contributed by atoms with Gasteiger partial charge in [-0.05, 0) is 37.6 Å². The standard InChI is InChI=1S/C21H17N3O3/c1-11-3-5-13(6-4-11)15-10-16(24-21(22)23-15)14-7-8-17-19(20(14)26)12(2)9-18(25)27-17/h3-10,26H,1-2H3,(H2,22,23,24). The minimum Gasteiger partial charge on any atom is -0.506 e. The second-order valence-corrected chi connectivity index (χ2v) is 6.45. The Morgan fingerprint density at radius 3 is 2.41 bits per heavy atom. The Morgan fingerprint density at radius 1 is 0.963 bits per heavy atom. The number of benzene rings is 2. The van der Waals surface area contributed by atoms with Crippen molar-refractivity contribution in [1.29, 1.82) is 0 Å². The summed E-state index contributed by atoms with van der Waals surface area (Å²) in [6.45, 7) is 3.76. The highest BCUT2D eigenvalue weighted by atomic mass is 16.4. The molecular weight excluding hydrogens is 342 g/mol. The number of aromatic nitrogens is 2. The molecule has 0 aliphatic carbocycles. The number of hydrogen-bond donors (Lipinski definition) is 2. The number of nitrogens with zero attached hydrogens (tertiary/aromatic N) is 2. The lowest BCUT2D eigenvalue weighted by atomic mass is 10.0. The first-order valence-electron chi connectivity index (χ1n) is 8.41. The molecule has 0 amide bonds. The summed E-state index contributed by atoms with van der Waals surface area (Å²) in [5.41, 5.74) is 10.1. The van der Waals surface area contributed by atoms with Crippen molar-refractivity contribution < 1.29 is 9.52 Å². The fourth-order valence-corrected chi connectivity index (χ4v) is 3.11. The normalized spacial score (nSPS) is 11.0. The van der Waals surface area contributed by atoms with E-state index in [0.717, 1.165) is 11.1 Å². The van der Waals surface area contributed by atoms with E-state index in [1.165, 1.54) is 6.07 Å². The molecule has 6 heteroatoms. The Morgan fingerprint density at radius 2 is 1.67 bits per heavy atom. The molecule has 0 fully saturated rings. The van der Waals surface area contributed by atoms with Crippen LogP contribution in [0.2, 0.25) is 0 Å². The molecule has 2 aromatic carbocycles. The number of nitrogen functional groups attached to an aromatic ring is 1. The number of hydrogen-bond acceptors (Lipinski definition) is 6. The lowest BCUT2D eigenvalue weighted by Crippen LogP contribution is -2.00. The van der Waals surface area contributed by atoms with Gasteiger partial charge < -0.3 is 15.3 Å². The summed E-state index contributed by atoms with van der Waals surface area (Å²) in [7, 11) is 0. The summed E-state index contributed by atoms with van der Waals surface area (Å²) in [5.74, 6) is 0.0978. The lowest BCUT2D eigenvalue weighted by Gasteiger charge is -2.10. The van der Waals surface area contributed by atoms with Crippen molar-refractivity contribution in [2.24, 2.45) is 0 Å². The molecule has 0 unspecified atom stereocenters. The maximum absolute atomic E-state index is 11.6. The Labute approximate surface area is 154 Å². The summed E-state index contributed by atoms with van der Waals surface area (Å²) in [6, 6.07) is 14.3. The molecule has 0 saturated heterocycles. The number of phenols is 1. The maximum Gasteiger partial charge on any atom is 0.336 e. The Hall–Kier alpha value is -3.67. The number of phenolic OH excluding ortho intramolecular Hbond substituents is 1. The number of aryl methyl sites for hydroxylation is 2. The van der Waals surface area contributed by atoms with Crippen molar-refractivity contribution in [3.63, 3.8) is 0 Å². The van der Waals surface area contributed by atoms with Crippen LogP contribution in [0.15, 0.2) is 57.7 Å². The zero-order chi connectivity index (χ0) is 19.1. The minimum absolute atomic E-state index is 0.0123. The van der Waals surface area contributed by atoms with Gasteiger partial charge in [0.1, 0.15) is 11.3 Å². The average Bonchev–Trinajstić information content (AvgIpc) is 2.61. The topological polar surface area (TPSA) is 102 Å². The van der Waals surface area contributed by atoms with Crippen LogP contribution in [0.1, 0.15) is 11.1 Å². The third kappa shape index (κ3) is 3.01. The van der Waals surface area contributed by atoms with E-state index in [9.17, 15) is 9.90 Å². The smallest absolute Gasteiger partial charge is 0.336 e. The molecule has 2 heterocycles. The van der Waals surface area contributed by atoms with Crippen LogP contribution in [0.5, 0.6) is 5.75 Å². The van der Waals surface area contributed by atoms with Crippen LogP contribution < -0.4 is 11.4 Å². The number of nitrogens with two attached hydrogens (primary N) is 1. The van der Waals surface area contributed by atoms with Gasteiger partial charge in [-0.1, -0.05) is 29.8 Å². The van der Waals surface area contributed by atoms with Crippen molar-refractivity contribution in [2.45, 2.75) is 13.8 Å². The lowest BCUT2D eigenvalue weighted by molar-refractivity contribution is 0.480. The molecule has 4 rings (SSSR count). The first-order chi connectivity index (χ1) is 12.9. The quantitative estimate of drug-likeness (QED) is 0.528. The van der Waals surface area contributed by atoms with E-state index >= 15 is 0 Å². The van der Waals surface area contributed by atoms with E-state index in [2.05, 4.69) is 9.97 Å². The number of anilines is 1. The molecule has 0 radical (unpaired) electrons. The molecule has 4 aromatic rings. The molecule has 0 atom stereocenters. The Bertz CT molecular complexity index is 1230. The molecule has 0 bridgehead atoms. The SMILES string of the molecule is Cc1ccc(-c2cc(-c3ccc4oc(=O)cc(C)c4c3O)nc(N)n2)cc1. The Balaban J connectivity index is 1.92. The van der Waals surface area contributed by atoms with Gasteiger partial charge in [0.15, 0.2) is 0 Å². The summed E-state index contributed by atoms with van der Waals surface area (Å²) in [5, 5.41) is 11.3. The average molecular weight is 359 g/mol. The van der Waals surface area contributed by atoms with Crippen molar-refractivity contribution >= 4 is 16.9 Å². The van der Waals surface area contributed by atoms with E-state index in [-0.39, 0.29) is 11.7 Å². The first kappa shape index (κ1) is 16.8. The van der Waals surface area contributed by atoms with Gasteiger partial charge in [0, 0.05) is 17.2 Å². The van der Waals surface area contributed by atoms with Gasteiger partial charge in [0.2, 0.25) is 5.95 Å². The van der Waals surface area contributed by atoms with Crippen LogP contribution in [0.3, 0.4) is 0 Å². The molecule has 2 aromatic heterocycles. The highest BCUT2D eigenvalue weighted by molar-refractivity contribution is 5.93. The van der Waals surface area contributed by atoms with Gasteiger partial charge in [-0.25, -0.2) is 14.8 Å². The molecular formula is C21H17N3O3. The predicted molar refractivity (Wildman–Crippen MR) is 104 cm³/mol. The zero-order valence-corrected chi connectivity index (χ0v) is 14.9. The summed E-state index contributed by atoms with van der Waals surface area (Å²) in [6.07, 6.45) is 0. The fraction of sp³-hybridized carbons (Fsp3) is 0.0952. The zero-order valence-electron chi connectivity index (χ0n) is 14.9. The molecule has 27 heavy (non-hydrogen) atoms. The molecule has 0 saturated carbocycles. The molecule has 0 aliphatic heterocycles. The van der Waals surface area contributed by atoms with E-state index in [1.54, 1.807) is 25.1 Å². The highest BCUT2D eigenvalue weighted by Gasteiger charge is 2.15. The number of fused-ring (bicyclic) bond motifs is 1. The van der Waals surface area contributed by atoms with Crippen LogP contribution in [0.25, 0.3) is 33.5 Å². The van der Waals surface area contributed by atoms with Gasteiger partial charge in [0.05, 0.1) is 16.8 Å². The van der Waals surface area contributed by atoms with Gasteiger partial charge in [-0.2, -0.15) is 0 Å². The molecule has 3 N–H and O–H groups in total. The molecule has 0 spiro atoms. The first-order valence-corrected chi connectivity index (χ1v) is 8.41. The largest absolute Gasteiger partial charge is 0.506 e. The third-order valence-corrected chi connectivity index (χ3v) is 4.45. The second kappa shape index (κ2) is 6.25. The molecule has 134 valence electrons. The number of aromatic hydroxyl groups is 1. The predicted octanol–water partition coefficient (Wildman–Crippen LogP) is 3.82. The molecule has 6 nitrogen and oxygen atoms in total. The van der Waals surface area contributed by atoms with Gasteiger partial charge >= 0.3 is 5.63 Å².